The molecule has 0 fully saturated rings. The molecule has 0 unspecified atom stereocenters. The minimum absolute atomic E-state index is 0.168. The Balaban J connectivity index is 2.24. The Hall–Kier alpha value is -1.70. The Bertz CT molecular complexity index is 707. The van der Waals surface area contributed by atoms with Gasteiger partial charge in [0, 0.05) is 13.2 Å². The summed E-state index contributed by atoms with van der Waals surface area (Å²) in [6.45, 7) is 1.70. The molecule has 0 bridgehead atoms. The molecule has 0 saturated heterocycles. The van der Waals surface area contributed by atoms with E-state index in [1.54, 1.807) is 43.0 Å². The summed E-state index contributed by atoms with van der Waals surface area (Å²) in [5.74, 6) is 0. The number of aryl methyl sites for hydroxylation is 2. The molecule has 1 aromatic carbocycles. The van der Waals surface area contributed by atoms with Crippen LogP contribution in [-0.4, -0.2) is 23.3 Å². The highest BCUT2D eigenvalue weighted by molar-refractivity contribution is 7.89. The molecule has 0 amide bonds. The normalized spacial score (nSPS) is 11.8. The third kappa shape index (κ3) is 3.06. The van der Waals surface area contributed by atoms with Crippen molar-refractivity contribution in [3.05, 3.63) is 47.3 Å². The molecule has 2 rings (SSSR count). The zero-order valence-electron chi connectivity index (χ0n) is 11.4. The monoisotopic (exact) mass is 295 g/mol. The van der Waals surface area contributed by atoms with Crippen molar-refractivity contribution in [2.75, 3.05) is 0 Å². The van der Waals surface area contributed by atoms with Crippen molar-refractivity contribution in [3.8, 4) is 0 Å². The molecule has 0 aliphatic carbocycles. The van der Waals surface area contributed by atoms with Crippen LogP contribution in [-0.2, 0) is 30.2 Å². The van der Waals surface area contributed by atoms with Crippen molar-refractivity contribution < 1.29 is 13.5 Å². The number of aromatic nitrogens is 2. The van der Waals surface area contributed by atoms with Gasteiger partial charge in [0.05, 0.1) is 23.7 Å². The van der Waals surface area contributed by atoms with Gasteiger partial charge in [0.1, 0.15) is 0 Å². The fraction of sp³-hybridized carbons (Fsp3) is 0.308. The topological polar surface area (TPSA) is 84.2 Å². The summed E-state index contributed by atoms with van der Waals surface area (Å²) in [4.78, 5) is 0.186. The first-order chi connectivity index (χ1) is 9.44. The molecule has 0 aliphatic rings. The van der Waals surface area contributed by atoms with Crippen molar-refractivity contribution in [2.24, 2.45) is 7.05 Å². The van der Waals surface area contributed by atoms with Gasteiger partial charge in [0.15, 0.2) is 0 Å². The summed E-state index contributed by atoms with van der Waals surface area (Å²) in [7, 11) is -1.87. The number of aliphatic hydroxyl groups is 1. The molecular weight excluding hydrogens is 278 g/mol. The summed E-state index contributed by atoms with van der Waals surface area (Å²) < 4.78 is 28.8. The Kier molecular flexibility index (Phi) is 4.22. The van der Waals surface area contributed by atoms with Crippen molar-refractivity contribution in [1.82, 2.24) is 14.5 Å². The number of hydrogen-bond donors (Lipinski definition) is 2. The van der Waals surface area contributed by atoms with Gasteiger partial charge in [-0.3, -0.25) is 4.68 Å². The van der Waals surface area contributed by atoms with Crippen LogP contribution in [0.1, 0.15) is 16.8 Å². The molecule has 0 atom stereocenters. The van der Waals surface area contributed by atoms with Crippen LogP contribution >= 0.6 is 0 Å². The van der Waals surface area contributed by atoms with E-state index in [4.69, 9.17) is 5.11 Å². The molecular formula is C13H17N3O3S. The van der Waals surface area contributed by atoms with E-state index in [0.717, 1.165) is 5.69 Å². The Morgan fingerprint density at radius 3 is 2.70 bits per heavy atom. The van der Waals surface area contributed by atoms with E-state index in [1.807, 2.05) is 0 Å². The second-order valence-corrected chi connectivity index (χ2v) is 6.26. The van der Waals surface area contributed by atoms with E-state index in [0.29, 0.717) is 11.1 Å². The number of rotatable bonds is 5. The number of nitrogens with zero attached hydrogens (tertiary/aromatic N) is 2. The maximum Gasteiger partial charge on any atom is 0.241 e. The number of benzene rings is 1. The Morgan fingerprint density at radius 2 is 2.10 bits per heavy atom. The van der Waals surface area contributed by atoms with Gasteiger partial charge in [-0.25, -0.2) is 13.1 Å². The zero-order valence-corrected chi connectivity index (χ0v) is 12.2. The van der Waals surface area contributed by atoms with E-state index in [9.17, 15) is 8.42 Å². The SMILES string of the molecule is Cc1ccc(CO)cc1S(=O)(=O)NCc1ccnn1C. The average molecular weight is 295 g/mol. The second-order valence-electron chi connectivity index (χ2n) is 4.53. The summed E-state index contributed by atoms with van der Waals surface area (Å²) in [6.07, 6.45) is 1.61. The molecule has 1 heterocycles. The van der Waals surface area contributed by atoms with Crippen molar-refractivity contribution in [2.45, 2.75) is 25.0 Å². The summed E-state index contributed by atoms with van der Waals surface area (Å²) in [6, 6.07) is 6.63. The first-order valence-corrected chi connectivity index (χ1v) is 7.59. The lowest BCUT2D eigenvalue weighted by Crippen LogP contribution is -2.25. The molecule has 0 spiro atoms. The molecule has 6 nitrogen and oxygen atoms in total. The van der Waals surface area contributed by atoms with Gasteiger partial charge in [-0.05, 0) is 30.2 Å². The van der Waals surface area contributed by atoms with E-state index in [1.165, 1.54) is 6.07 Å². The van der Waals surface area contributed by atoms with Gasteiger partial charge >= 0.3 is 0 Å². The number of nitrogens with one attached hydrogen (secondary N) is 1. The number of hydrogen-bond acceptors (Lipinski definition) is 4. The highest BCUT2D eigenvalue weighted by Crippen LogP contribution is 2.17. The molecule has 1 aromatic heterocycles. The molecule has 0 radical (unpaired) electrons. The van der Waals surface area contributed by atoms with Gasteiger partial charge < -0.3 is 5.11 Å². The predicted molar refractivity (Wildman–Crippen MR) is 74.3 cm³/mol. The number of sulfonamides is 1. The van der Waals surface area contributed by atoms with Crippen LogP contribution < -0.4 is 4.72 Å². The van der Waals surface area contributed by atoms with E-state index < -0.39 is 10.0 Å². The zero-order chi connectivity index (χ0) is 14.8. The van der Waals surface area contributed by atoms with E-state index >= 15 is 0 Å². The molecule has 2 aromatic rings. The smallest absolute Gasteiger partial charge is 0.241 e. The van der Waals surface area contributed by atoms with E-state index in [-0.39, 0.29) is 18.0 Å². The molecule has 2 N–H and O–H groups in total. The first kappa shape index (κ1) is 14.7. The number of aliphatic hydroxyl groups excluding tert-OH is 1. The summed E-state index contributed by atoms with van der Waals surface area (Å²) in [5, 5.41) is 13.1. The fourth-order valence-corrected chi connectivity index (χ4v) is 3.15. The van der Waals surface area contributed by atoms with Crippen LogP contribution in [0.5, 0.6) is 0 Å². The lowest BCUT2D eigenvalue weighted by atomic mass is 10.2. The van der Waals surface area contributed by atoms with E-state index in [2.05, 4.69) is 9.82 Å². The van der Waals surface area contributed by atoms with Crippen LogP contribution in [0, 0.1) is 6.92 Å². The third-order valence-electron chi connectivity index (χ3n) is 3.09. The largest absolute Gasteiger partial charge is 0.392 e. The third-order valence-corrected chi connectivity index (χ3v) is 4.63. The van der Waals surface area contributed by atoms with Crippen molar-refractivity contribution in [3.63, 3.8) is 0 Å². The van der Waals surface area contributed by atoms with Crippen LogP contribution in [0.25, 0.3) is 0 Å². The van der Waals surface area contributed by atoms with Crippen molar-refractivity contribution >= 4 is 10.0 Å². The molecule has 108 valence electrons. The lowest BCUT2D eigenvalue weighted by molar-refractivity contribution is 0.281. The minimum atomic E-state index is -3.62. The van der Waals surface area contributed by atoms with Crippen LogP contribution in [0.2, 0.25) is 0 Å². The lowest BCUT2D eigenvalue weighted by Gasteiger charge is -2.10. The Morgan fingerprint density at radius 1 is 1.35 bits per heavy atom. The molecule has 0 saturated carbocycles. The van der Waals surface area contributed by atoms with Crippen LogP contribution in [0.15, 0.2) is 35.4 Å². The highest BCUT2D eigenvalue weighted by Gasteiger charge is 2.17. The minimum Gasteiger partial charge on any atom is -0.392 e. The maximum absolute atomic E-state index is 12.3. The van der Waals surface area contributed by atoms with Gasteiger partial charge in [-0.2, -0.15) is 5.10 Å². The standard InChI is InChI=1S/C13H17N3O3S/c1-10-3-4-11(9-17)7-13(10)20(18,19)15-8-12-5-6-14-16(12)2/h3-7,15,17H,8-9H2,1-2H3. The first-order valence-electron chi connectivity index (χ1n) is 6.11. The molecule has 7 heteroatoms. The maximum atomic E-state index is 12.3. The second kappa shape index (κ2) is 5.74. The van der Waals surface area contributed by atoms with Crippen LogP contribution in [0.4, 0.5) is 0 Å². The van der Waals surface area contributed by atoms with Gasteiger partial charge in [0.25, 0.3) is 0 Å². The van der Waals surface area contributed by atoms with Gasteiger partial charge in [0.2, 0.25) is 10.0 Å². The van der Waals surface area contributed by atoms with Crippen molar-refractivity contribution in [1.29, 1.82) is 0 Å². The van der Waals surface area contributed by atoms with Gasteiger partial charge in [-0.15, -0.1) is 0 Å². The van der Waals surface area contributed by atoms with Crippen LogP contribution in [0.3, 0.4) is 0 Å². The quantitative estimate of drug-likeness (QED) is 0.850. The predicted octanol–water partition coefficient (Wildman–Crippen LogP) is 0.699. The average Bonchev–Trinajstić information content (AvgIpc) is 2.82. The van der Waals surface area contributed by atoms with Gasteiger partial charge in [-0.1, -0.05) is 12.1 Å². The molecule has 0 aliphatic heterocycles. The summed E-state index contributed by atoms with van der Waals surface area (Å²) >= 11 is 0. The Labute approximate surface area is 118 Å². The highest BCUT2D eigenvalue weighted by atomic mass is 32.2. The summed E-state index contributed by atoms with van der Waals surface area (Å²) in [5.41, 5.74) is 1.97. The molecule has 20 heavy (non-hydrogen) atoms. The fourth-order valence-electron chi connectivity index (χ4n) is 1.85.